The van der Waals surface area contributed by atoms with Crippen LogP contribution in [0.4, 0.5) is 13.2 Å². The van der Waals surface area contributed by atoms with Crippen LogP contribution in [0, 0.1) is 17.5 Å². The number of hydrogen-bond donors (Lipinski definition) is 1. The number of rotatable bonds is 2. The molecular formula is C13H8Cl2F3N. The Balaban J connectivity index is 2.46. The minimum Gasteiger partial charge on any atom is -0.320 e. The molecule has 1 unspecified atom stereocenters. The largest absolute Gasteiger partial charge is 0.320 e. The third-order valence-corrected chi connectivity index (χ3v) is 3.29. The molecule has 2 aromatic carbocycles. The number of nitrogens with two attached hydrogens (primary N) is 1. The third-order valence-electron chi connectivity index (χ3n) is 2.68. The van der Waals surface area contributed by atoms with Crippen LogP contribution in [0.25, 0.3) is 0 Å². The predicted molar refractivity (Wildman–Crippen MR) is 68.8 cm³/mol. The second-order valence-electron chi connectivity index (χ2n) is 3.94. The van der Waals surface area contributed by atoms with Crippen LogP contribution in [0.2, 0.25) is 10.0 Å². The monoisotopic (exact) mass is 305 g/mol. The highest BCUT2D eigenvalue weighted by Gasteiger charge is 2.17. The molecule has 0 aliphatic heterocycles. The van der Waals surface area contributed by atoms with E-state index in [9.17, 15) is 13.2 Å². The Bertz CT molecular complexity index is 632. The first-order valence-corrected chi connectivity index (χ1v) is 6.00. The van der Waals surface area contributed by atoms with Crippen LogP contribution in [0.1, 0.15) is 17.2 Å². The molecule has 1 nitrogen and oxygen atoms in total. The first kappa shape index (κ1) is 14.2. The molecule has 0 heterocycles. The maximum absolute atomic E-state index is 13.2. The van der Waals surface area contributed by atoms with Crippen LogP contribution in [-0.2, 0) is 0 Å². The fourth-order valence-corrected chi connectivity index (χ4v) is 2.12. The molecule has 2 rings (SSSR count). The summed E-state index contributed by atoms with van der Waals surface area (Å²) in [4.78, 5) is 0. The van der Waals surface area contributed by atoms with Crippen molar-refractivity contribution < 1.29 is 13.2 Å². The van der Waals surface area contributed by atoms with E-state index < -0.39 is 23.5 Å². The Kier molecular flexibility index (Phi) is 4.04. The average molecular weight is 306 g/mol. The van der Waals surface area contributed by atoms with Crippen molar-refractivity contribution in [3.05, 3.63) is 69.0 Å². The van der Waals surface area contributed by atoms with Gasteiger partial charge in [-0.25, -0.2) is 13.2 Å². The van der Waals surface area contributed by atoms with Gasteiger partial charge in [0.15, 0.2) is 11.6 Å². The molecule has 0 aliphatic carbocycles. The zero-order chi connectivity index (χ0) is 14.2. The zero-order valence-corrected chi connectivity index (χ0v) is 10.9. The van der Waals surface area contributed by atoms with Crippen molar-refractivity contribution in [2.75, 3.05) is 0 Å². The van der Waals surface area contributed by atoms with E-state index in [0.717, 1.165) is 18.2 Å². The third kappa shape index (κ3) is 2.86. The fourth-order valence-electron chi connectivity index (χ4n) is 1.66. The summed E-state index contributed by atoms with van der Waals surface area (Å²) in [6.45, 7) is 0. The molecule has 0 saturated carbocycles. The van der Waals surface area contributed by atoms with Crippen molar-refractivity contribution in [1.29, 1.82) is 0 Å². The fraction of sp³-hybridized carbons (Fsp3) is 0.0769. The lowest BCUT2D eigenvalue weighted by Crippen LogP contribution is -2.13. The summed E-state index contributed by atoms with van der Waals surface area (Å²) in [5, 5.41) is -0.112. The minimum atomic E-state index is -1.06. The molecule has 0 amide bonds. The summed E-state index contributed by atoms with van der Waals surface area (Å²) >= 11 is 11.5. The highest BCUT2D eigenvalue weighted by atomic mass is 35.5. The molecule has 0 spiro atoms. The number of benzene rings is 2. The van der Waals surface area contributed by atoms with E-state index in [1.54, 1.807) is 0 Å². The van der Waals surface area contributed by atoms with Crippen LogP contribution in [0.15, 0.2) is 30.3 Å². The molecule has 2 N–H and O–H groups in total. The molecular weight excluding hydrogens is 298 g/mol. The van der Waals surface area contributed by atoms with Crippen LogP contribution >= 0.6 is 23.2 Å². The van der Waals surface area contributed by atoms with Gasteiger partial charge in [-0.15, -0.1) is 0 Å². The highest BCUT2D eigenvalue weighted by molar-refractivity contribution is 6.31. The Morgan fingerprint density at radius 1 is 0.842 bits per heavy atom. The molecule has 0 saturated heterocycles. The van der Waals surface area contributed by atoms with Gasteiger partial charge < -0.3 is 5.73 Å². The van der Waals surface area contributed by atoms with Gasteiger partial charge in [0.1, 0.15) is 5.82 Å². The zero-order valence-electron chi connectivity index (χ0n) is 9.43. The van der Waals surface area contributed by atoms with Crippen molar-refractivity contribution in [3.63, 3.8) is 0 Å². The lowest BCUT2D eigenvalue weighted by atomic mass is 9.99. The second kappa shape index (κ2) is 5.41. The second-order valence-corrected chi connectivity index (χ2v) is 4.75. The average Bonchev–Trinajstić information content (AvgIpc) is 2.36. The molecule has 6 heteroatoms. The summed E-state index contributed by atoms with van der Waals surface area (Å²) in [6, 6.07) is 4.80. The standard InChI is InChI=1S/C13H8Cl2F3N/c14-8-5-12(18)11(17)4-7(8)13(19)6-1-2-10(16)9(15)3-6/h1-5,13H,19H2. The quantitative estimate of drug-likeness (QED) is 0.815. The van der Waals surface area contributed by atoms with E-state index in [1.807, 2.05) is 0 Å². The van der Waals surface area contributed by atoms with Crippen molar-refractivity contribution in [3.8, 4) is 0 Å². The Morgan fingerprint density at radius 2 is 1.47 bits per heavy atom. The van der Waals surface area contributed by atoms with Crippen molar-refractivity contribution in [2.24, 2.45) is 5.73 Å². The van der Waals surface area contributed by atoms with Crippen LogP contribution in [0.3, 0.4) is 0 Å². The first-order valence-electron chi connectivity index (χ1n) is 5.25. The number of hydrogen-bond acceptors (Lipinski definition) is 1. The molecule has 1 atom stereocenters. The van der Waals surface area contributed by atoms with E-state index >= 15 is 0 Å². The molecule has 2 aromatic rings. The van der Waals surface area contributed by atoms with Gasteiger partial charge in [0.05, 0.1) is 11.1 Å². The van der Waals surface area contributed by atoms with E-state index in [0.29, 0.717) is 5.56 Å². The van der Waals surface area contributed by atoms with Gasteiger partial charge >= 0.3 is 0 Å². The van der Waals surface area contributed by atoms with Crippen LogP contribution in [0.5, 0.6) is 0 Å². The molecule has 0 bridgehead atoms. The topological polar surface area (TPSA) is 26.0 Å². The predicted octanol–water partition coefficient (Wildman–Crippen LogP) is 4.46. The smallest absolute Gasteiger partial charge is 0.160 e. The first-order chi connectivity index (χ1) is 8.90. The summed E-state index contributed by atoms with van der Waals surface area (Å²) in [6.07, 6.45) is 0. The Labute approximate surface area is 117 Å². The van der Waals surface area contributed by atoms with Gasteiger partial charge in [-0.1, -0.05) is 29.3 Å². The lowest BCUT2D eigenvalue weighted by Gasteiger charge is -2.15. The summed E-state index contributed by atoms with van der Waals surface area (Å²) in [5.74, 6) is -2.70. The minimum absolute atomic E-state index is 0.00755. The maximum atomic E-state index is 13.2. The SMILES string of the molecule is NC(c1ccc(F)c(Cl)c1)c1cc(F)c(F)cc1Cl. The van der Waals surface area contributed by atoms with Gasteiger partial charge in [0.25, 0.3) is 0 Å². The molecule has 100 valence electrons. The summed E-state index contributed by atoms with van der Waals surface area (Å²) in [7, 11) is 0. The van der Waals surface area contributed by atoms with Gasteiger partial charge in [0.2, 0.25) is 0 Å². The molecule has 0 radical (unpaired) electrons. The number of halogens is 5. The molecule has 0 aromatic heterocycles. The van der Waals surface area contributed by atoms with Gasteiger partial charge in [-0.2, -0.15) is 0 Å². The van der Waals surface area contributed by atoms with Gasteiger partial charge in [-0.05, 0) is 35.4 Å². The summed E-state index contributed by atoms with van der Waals surface area (Å²) in [5.41, 5.74) is 6.54. The van der Waals surface area contributed by atoms with Gasteiger partial charge in [0, 0.05) is 5.02 Å². The molecule has 0 fully saturated rings. The van der Waals surface area contributed by atoms with E-state index in [1.165, 1.54) is 12.1 Å². The van der Waals surface area contributed by atoms with Crippen molar-refractivity contribution in [2.45, 2.75) is 6.04 Å². The van der Waals surface area contributed by atoms with Crippen LogP contribution < -0.4 is 5.73 Å². The van der Waals surface area contributed by atoms with Gasteiger partial charge in [-0.3, -0.25) is 0 Å². The van der Waals surface area contributed by atoms with E-state index in [2.05, 4.69) is 0 Å². The van der Waals surface area contributed by atoms with Crippen molar-refractivity contribution in [1.82, 2.24) is 0 Å². The van der Waals surface area contributed by atoms with E-state index in [4.69, 9.17) is 28.9 Å². The van der Waals surface area contributed by atoms with Crippen LogP contribution in [-0.4, -0.2) is 0 Å². The molecule has 0 aliphatic rings. The Morgan fingerprint density at radius 3 is 2.11 bits per heavy atom. The van der Waals surface area contributed by atoms with E-state index in [-0.39, 0.29) is 15.6 Å². The summed E-state index contributed by atoms with van der Waals surface area (Å²) < 4.78 is 39.2. The lowest BCUT2D eigenvalue weighted by molar-refractivity contribution is 0.506. The Hall–Kier alpha value is -1.23. The highest BCUT2D eigenvalue weighted by Crippen LogP contribution is 2.30. The van der Waals surface area contributed by atoms with Crippen molar-refractivity contribution >= 4 is 23.2 Å². The maximum Gasteiger partial charge on any atom is 0.160 e. The molecule has 19 heavy (non-hydrogen) atoms. The normalized spacial score (nSPS) is 12.5.